The van der Waals surface area contributed by atoms with Crippen LogP contribution in [0.5, 0.6) is 0 Å². The highest BCUT2D eigenvalue weighted by Crippen LogP contribution is 2.11. The summed E-state index contributed by atoms with van der Waals surface area (Å²) in [5, 5.41) is 8.68. The highest BCUT2D eigenvalue weighted by Gasteiger charge is 2.14. The summed E-state index contributed by atoms with van der Waals surface area (Å²) in [5.74, 6) is 0. The Kier molecular flexibility index (Phi) is 10.4. The van der Waals surface area contributed by atoms with Gasteiger partial charge in [-0.25, -0.2) is 0 Å². The van der Waals surface area contributed by atoms with E-state index in [0.717, 1.165) is 6.42 Å². The lowest BCUT2D eigenvalue weighted by atomic mass is 10.1. The maximum atomic E-state index is 8.68. The lowest BCUT2D eigenvalue weighted by Gasteiger charge is -2.14. The Morgan fingerprint density at radius 1 is 0.737 bits per heavy atom. The van der Waals surface area contributed by atoms with E-state index in [0.29, 0.717) is 6.61 Å². The van der Waals surface area contributed by atoms with Gasteiger partial charge in [-0.05, 0) is 26.4 Å². The molecule has 0 amide bonds. The van der Waals surface area contributed by atoms with Crippen molar-refractivity contribution in [2.45, 2.75) is 64.2 Å². The van der Waals surface area contributed by atoms with Crippen LogP contribution >= 0.6 is 0 Å². The second kappa shape index (κ2) is 11.7. The van der Waals surface area contributed by atoms with Crippen molar-refractivity contribution in [1.29, 1.82) is 0 Å². The first kappa shape index (κ1) is 16.9. The number of likely N-dealkylation sites (N-methyl/N-ethyl adjacent to an activating group) is 1. The molecular weight excluding hydrogens is 236 g/mol. The SMILES string of the molecule is CN1CCN(CCCCCCCCCCCCO)C1. The van der Waals surface area contributed by atoms with Crippen LogP contribution in [0.2, 0.25) is 0 Å². The summed E-state index contributed by atoms with van der Waals surface area (Å²) >= 11 is 0. The summed E-state index contributed by atoms with van der Waals surface area (Å²) in [4.78, 5) is 4.97. The molecule has 0 spiro atoms. The average Bonchev–Trinajstić information content (AvgIpc) is 2.82. The van der Waals surface area contributed by atoms with Gasteiger partial charge in [-0.2, -0.15) is 0 Å². The number of aliphatic hydroxyl groups is 1. The largest absolute Gasteiger partial charge is 0.396 e. The molecule has 1 fully saturated rings. The average molecular weight is 270 g/mol. The lowest BCUT2D eigenvalue weighted by molar-refractivity contribution is 0.269. The Morgan fingerprint density at radius 2 is 1.26 bits per heavy atom. The fraction of sp³-hybridized carbons (Fsp3) is 1.00. The van der Waals surface area contributed by atoms with Crippen LogP contribution in [-0.2, 0) is 0 Å². The van der Waals surface area contributed by atoms with Crippen LogP contribution in [0.3, 0.4) is 0 Å². The first-order valence-electron chi connectivity index (χ1n) is 8.34. The van der Waals surface area contributed by atoms with E-state index in [9.17, 15) is 0 Å². The van der Waals surface area contributed by atoms with Gasteiger partial charge in [0.15, 0.2) is 0 Å². The Hall–Kier alpha value is -0.120. The molecule has 3 heteroatoms. The van der Waals surface area contributed by atoms with Gasteiger partial charge in [0, 0.05) is 19.7 Å². The minimum Gasteiger partial charge on any atom is -0.396 e. The quantitative estimate of drug-likeness (QED) is 0.552. The fourth-order valence-corrected chi connectivity index (χ4v) is 2.84. The minimum absolute atomic E-state index is 0.368. The molecule has 0 aliphatic carbocycles. The molecule has 0 bridgehead atoms. The number of aliphatic hydroxyl groups excluding tert-OH is 1. The standard InChI is InChI=1S/C16H34N2O/c1-17-13-14-18(16-17)12-10-8-6-4-2-3-5-7-9-11-15-19/h19H,2-16H2,1H3. The van der Waals surface area contributed by atoms with Crippen molar-refractivity contribution in [3.63, 3.8) is 0 Å². The second-order valence-electron chi connectivity index (χ2n) is 6.10. The Balaban J connectivity index is 1.72. The zero-order chi connectivity index (χ0) is 13.8. The van der Waals surface area contributed by atoms with Gasteiger partial charge >= 0.3 is 0 Å². The van der Waals surface area contributed by atoms with Crippen molar-refractivity contribution >= 4 is 0 Å². The molecule has 19 heavy (non-hydrogen) atoms. The van der Waals surface area contributed by atoms with Crippen LogP contribution in [0, 0.1) is 0 Å². The predicted molar refractivity (Wildman–Crippen MR) is 82.3 cm³/mol. The summed E-state index contributed by atoms with van der Waals surface area (Å²) < 4.78 is 0. The molecule has 1 aliphatic heterocycles. The third kappa shape index (κ3) is 9.42. The smallest absolute Gasteiger partial charge is 0.0504 e. The van der Waals surface area contributed by atoms with E-state index in [-0.39, 0.29) is 0 Å². The zero-order valence-electron chi connectivity index (χ0n) is 12.9. The Morgan fingerprint density at radius 3 is 1.74 bits per heavy atom. The molecule has 1 saturated heterocycles. The Labute approximate surface area is 120 Å². The van der Waals surface area contributed by atoms with Gasteiger partial charge in [-0.3, -0.25) is 9.80 Å². The maximum Gasteiger partial charge on any atom is 0.0504 e. The topological polar surface area (TPSA) is 26.7 Å². The van der Waals surface area contributed by atoms with Crippen LogP contribution in [0.4, 0.5) is 0 Å². The monoisotopic (exact) mass is 270 g/mol. The summed E-state index contributed by atoms with van der Waals surface area (Å²) in [7, 11) is 2.21. The normalized spacial score (nSPS) is 17.4. The molecule has 114 valence electrons. The van der Waals surface area contributed by atoms with Crippen molar-refractivity contribution in [3.8, 4) is 0 Å². The van der Waals surface area contributed by atoms with Gasteiger partial charge < -0.3 is 5.11 Å². The number of hydrogen-bond donors (Lipinski definition) is 1. The molecule has 1 rings (SSSR count). The molecule has 0 radical (unpaired) electrons. The molecule has 0 aromatic rings. The van der Waals surface area contributed by atoms with Gasteiger partial charge in [0.05, 0.1) is 6.67 Å². The van der Waals surface area contributed by atoms with E-state index in [1.165, 1.54) is 84.1 Å². The minimum atomic E-state index is 0.368. The lowest BCUT2D eigenvalue weighted by Crippen LogP contribution is -2.24. The number of rotatable bonds is 12. The van der Waals surface area contributed by atoms with Crippen molar-refractivity contribution in [3.05, 3.63) is 0 Å². The van der Waals surface area contributed by atoms with Crippen molar-refractivity contribution in [1.82, 2.24) is 9.80 Å². The molecule has 3 nitrogen and oxygen atoms in total. The highest BCUT2D eigenvalue weighted by molar-refractivity contribution is 4.67. The molecule has 0 aromatic carbocycles. The van der Waals surface area contributed by atoms with Crippen LogP contribution in [-0.4, -0.2) is 54.9 Å². The number of unbranched alkanes of at least 4 members (excludes halogenated alkanes) is 9. The first-order chi connectivity index (χ1) is 9.33. The van der Waals surface area contributed by atoms with Gasteiger partial charge in [0.25, 0.3) is 0 Å². The molecule has 1 heterocycles. The van der Waals surface area contributed by atoms with Gasteiger partial charge in [-0.1, -0.05) is 51.4 Å². The predicted octanol–water partition coefficient (Wildman–Crippen LogP) is 3.08. The Bertz CT molecular complexity index is 199. The molecule has 0 unspecified atom stereocenters. The molecule has 1 N–H and O–H groups in total. The zero-order valence-corrected chi connectivity index (χ0v) is 12.9. The maximum absolute atomic E-state index is 8.68. The number of hydrogen-bond acceptors (Lipinski definition) is 3. The van der Waals surface area contributed by atoms with Crippen LogP contribution < -0.4 is 0 Å². The van der Waals surface area contributed by atoms with E-state index in [1.54, 1.807) is 0 Å². The summed E-state index contributed by atoms with van der Waals surface area (Å²) in [6.45, 7) is 5.35. The van der Waals surface area contributed by atoms with Crippen molar-refractivity contribution < 1.29 is 5.11 Å². The third-order valence-electron chi connectivity index (χ3n) is 4.12. The van der Waals surface area contributed by atoms with Gasteiger partial charge in [-0.15, -0.1) is 0 Å². The molecule has 0 aromatic heterocycles. The highest BCUT2D eigenvalue weighted by atomic mass is 16.2. The van der Waals surface area contributed by atoms with E-state index < -0.39 is 0 Å². The van der Waals surface area contributed by atoms with Gasteiger partial charge in [0.1, 0.15) is 0 Å². The summed E-state index contributed by atoms with van der Waals surface area (Å²) in [5.41, 5.74) is 0. The van der Waals surface area contributed by atoms with Crippen molar-refractivity contribution in [2.24, 2.45) is 0 Å². The van der Waals surface area contributed by atoms with E-state index in [2.05, 4.69) is 16.8 Å². The second-order valence-corrected chi connectivity index (χ2v) is 6.10. The third-order valence-corrected chi connectivity index (χ3v) is 4.12. The van der Waals surface area contributed by atoms with Crippen LogP contribution in [0.1, 0.15) is 64.2 Å². The van der Waals surface area contributed by atoms with Crippen LogP contribution in [0.15, 0.2) is 0 Å². The molecule has 0 atom stereocenters. The summed E-state index contributed by atoms with van der Waals surface area (Å²) in [6.07, 6.45) is 13.3. The fourth-order valence-electron chi connectivity index (χ4n) is 2.84. The molecule has 1 aliphatic rings. The molecule has 0 saturated carbocycles. The van der Waals surface area contributed by atoms with Crippen molar-refractivity contribution in [2.75, 3.05) is 40.0 Å². The van der Waals surface area contributed by atoms with E-state index >= 15 is 0 Å². The van der Waals surface area contributed by atoms with Crippen LogP contribution in [0.25, 0.3) is 0 Å². The molecular formula is C16H34N2O. The van der Waals surface area contributed by atoms with E-state index in [1.807, 2.05) is 0 Å². The van der Waals surface area contributed by atoms with Gasteiger partial charge in [0.2, 0.25) is 0 Å². The number of nitrogens with zero attached hydrogens (tertiary/aromatic N) is 2. The first-order valence-corrected chi connectivity index (χ1v) is 8.34. The van der Waals surface area contributed by atoms with E-state index in [4.69, 9.17) is 5.11 Å². The summed E-state index contributed by atoms with van der Waals surface area (Å²) in [6, 6.07) is 0.